The predicted molar refractivity (Wildman–Crippen MR) is 59.8 cm³/mol. The molecule has 1 saturated carbocycles. The zero-order chi connectivity index (χ0) is 11.5. The lowest BCUT2D eigenvalue weighted by molar-refractivity contribution is -0.116. The van der Waals surface area contributed by atoms with E-state index in [4.69, 9.17) is 5.26 Å². The number of nitrogens with zero attached hydrogens (tertiary/aromatic N) is 2. The number of hydrogen-bond acceptors (Lipinski definition) is 2. The molecule has 0 N–H and O–H groups in total. The van der Waals surface area contributed by atoms with Gasteiger partial charge in [-0.2, -0.15) is 5.26 Å². The van der Waals surface area contributed by atoms with Crippen LogP contribution >= 0.6 is 0 Å². The smallest absolute Gasteiger partial charge is 0.224 e. The topological polar surface area (TPSA) is 44.1 Å². The molecule has 0 bridgehead atoms. The van der Waals surface area contributed by atoms with Gasteiger partial charge < -0.3 is 4.90 Å². The van der Waals surface area contributed by atoms with Gasteiger partial charge in [0.1, 0.15) is 0 Å². The van der Waals surface area contributed by atoms with Gasteiger partial charge in [0.2, 0.25) is 5.91 Å². The minimum absolute atomic E-state index is 0.0268. The van der Waals surface area contributed by atoms with E-state index in [1.54, 1.807) is 11.8 Å². The molecule has 0 unspecified atom stereocenters. The maximum absolute atomic E-state index is 11.7. The van der Waals surface area contributed by atoms with Crippen LogP contribution in [0.3, 0.4) is 0 Å². The second kappa shape index (κ2) is 2.65. The highest BCUT2D eigenvalue weighted by Gasteiger charge is 2.71. The Morgan fingerprint density at radius 1 is 1.50 bits per heavy atom. The predicted octanol–water partition coefficient (Wildman–Crippen LogP) is 1.83. The molecule has 0 spiro atoms. The van der Waals surface area contributed by atoms with Crippen molar-refractivity contribution in [3.8, 4) is 6.07 Å². The molecule has 0 radical (unpaired) electrons. The summed E-state index contributed by atoms with van der Waals surface area (Å²) in [5.74, 6) is -0.0229. The fourth-order valence-electron chi connectivity index (χ4n) is 3.09. The average molecular weight is 212 g/mol. The molecule has 1 aliphatic carbocycles. The molecule has 1 aromatic rings. The molecule has 1 amide bonds. The van der Waals surface area contributed by atoms with Crippen LogP contribution in [-0.2, 0) is 10.2 Å². The summed E-state index contributed by atoms with van der Waals surface area (Å²) in [6.45, 7) is 3.64. The Labute approximate surface area is 94.3 Å². The van der Waals surface area contributed by atoms with Gasteiger partial charge in [-0.05, 0) is 11.6 Å². The summed E-state index contributed by atoms with van der Waals surface area (Å²) in [7, 11) is 0. The molecule has 1 heterocycles. The van der Waals surface area contributed by atoms with Crippen LogP contribution < -0.4 is 4.90 Å². The van der Waals surface area contributed by atoms with Crippen molar-refractivity contribution in [2.45, 2.75) is 25.3 Å². The Hall–Kier alpha value is -1.82. The van der Waals surface area contributed by atoms with Crippen LogP contribution in [0, 0.1) is 17.2 Å². The van der Waals surface area contributed by atoms with Gasteiger partial charge in [0.05, 0.1) is 18.0 Å². The van der Waals surface area contributed by atoms with E-state index in [0.717, 1.165) is 11.3 Å². The fraction of sp³-hybridized carbons (Fsp3) is 0.385. The Kier molecular flexibility index (Phi) is 1.56. The van der Waals surface area contributed by atoms with Gasteiger partial charge in [0.15, 0.2) is 0 Å². The lowest BCUT2D eigenvalue weighted by Crippen LogP contribution is -2.30. The van der Waals surface area contributed by atoms with Crippen molar-refractivity contribution in [2.75, 3.05) is 4.90 Å². The molecule has 80 valence electrons. The van der Waals surface area contributed by atoms with Crippen molar-refractivity contribution < 1.29 is 4.79 Å². The van der Waals surface area contributed by atoms with E-state index < -0.39 is 0 Å². The van der Waals surface area contributed by atoms with Gasteiger partial charge >= 0.3 is 0 Å². The van der Waals surface area contributed by atoms with Crippen molar-refractivity contribution in [2.24, 2.45) is 5.92 Å². The summed E-state index contributed by atoms with van der Waals surface area (Å²) in [6, 6.07) is 10.3. The molecule has 16 heavy (non-hydrogen) atoms. The molecule has 0 aromatic heterocycles. The summed E-state index contributed by atoms with van der Waals surface area (Å²) in [5.41, 5.74) is 1.98. The van der Waals surface area contributed by atoms with Crippen LogP contribution in [0.5, 0.6) is 0 Å². The third kappa shape index (κ3) is 0.817. The molecular weight excluding hydrogens is 200 g/mol. The Morgan fingerprint density at radius 2 is 2.19 bits per heavy atom. The standard InChI is InChI=1S/C13H12N2O/c1-8(16)15-11-6-4-3-5-9(11)13(2)10(7-14)12(13)15/h3-6,10,12H,1-2H3/t10-,12+,13-/m0/s1. The number of amides is 1. The zero-order valence-corrected chi connectivity index (χ0v) is 9.27. The van der Waals surface area contributed by atoms with Crippen molar-refractivity contribution in [3.05, 3.63) is 29.8 Å². The van der Waals surface area contributed by atoms with E-state index >= 15 is 0 Å². The minimum Gasteiger partial charge on any atom is -0.307 e. The van der Waals surface area contributed by atoms with E-state index in [1.165, 1.54) is 0 Å². The number of carbonyl (C=O) groups is 1. The van der Waals surface area contributed by atoms with Crippen LogP contribution in [-0.4, -0.2) is 11.9 Å². The van der Waals surface area contributed by atoms with Gasteiger partial charge in [-0.1, -0.05) is 25.1 Å². The van der Waals surface area contributed by atoms with E-state index in [0.29, 0.717) is 0 Å². The number of para-hydroxylation sites is 1. The minimum atomic E-state index is -0.142. The van der Waals surface area contributed by atoms with Crippen molar-refractivity contribution in [1.29, 1.82) is 5.26 Å². The monoisotopic (exact) mass is 212 g/mol. The number of benzene rings is 1. The number of fused-ring (bicyclic) bond motifs is 3. The first-order valence-electron chi connectivity index (χ1n) is 5.41. The molecule has 1 fully saturated rings. The number of rotatable bonds is 0. The first kappa shape index (κ1) is 9.41. The second-order valence-electron chi connectivity index (χ2n) is 4.74. The molecule has 3 heteroatoms. The van der Waals surface area contributed by atoms with E-state index in [2.05, 4.69) is 13.0 Å². The maximum atomic E-state index is 11.7. The van der Waals surface area contributed by atoms with Crippen molar-refractivity contribution >= 4 is 11.6 Å². The van der Waals surface area contributed by atoms with E-state index in [9.17, 15) is 4.79 Å². The van der Waals surface area contributed by atoms with Crippen LogP contribution in [0.1, 0.15) is 19.4 Å². The maximum Gasteiger partial charge on any atom is 0.224 e. The fourth-order valence-corrected chi connectivity index (χ4v) is 3.09. The zero-order valence-electron chi connectivity index (χ0n) is 9.27. The normalized spacial score (nSPS) is 33.9. The largest absolute Gasteiger partial charge is 0.307 e. The second-order valence-corrected chi connectivity index (χ2v) is 4.74. The van der Waals surface area contributed by atoms with Crippen LogP contribution in [0.25, 0.3) is 0 Å². The van der Waals surface area contributed by atoms with Gasteiger partial charge in [0.25, 0.3) is 0 Å². The third-order valence-electron chi connectivity index (χ3n) is 3.97. The Morgan fingerprint density at radius 3 is 2.81 bits per heavy atom. The number of hydrogen-bond donors (Lipinski definition) is 0. The molecule has 1 aliphatic heterocycles. The molecule has 2 aliphatic rings. The molecule has 3 atom stereocenters. The Bertz CT molecular complexity index is 531. The average Bonchev–Trinajstić information content (AvgIpc) is 2.76. The molecule has 0 saturated heterocycles. The lowest BCUT2D eigenvalue weighted by atomic mass is 9.95. The van der Waals surface area contributed by atoms with Crippen molar-refractivity contribution in [1.82, 2.24) is 0 Å². The highest BCUT2D eigenvalue weighted by Crippen LogP contribution is 2.64. The molecule has 3 nitrogen and oxygen atoms in total. The van der Waals surface area contributed by atoms with E-state index in [1.807, 2.05) is 24.3 Å². The quantitative estimate of drug-likeness (QED) is 0.658. The molecular formula is C13H12N2O. The first-order chi connectivity index (χ1) is 7.62. The van der Waals surface area contributed by atoms with Crippen LogP contribution in [0.15, 0.2) is 24.3 Å². The van der Waals surface area contributed by atoms with Gasteiger partial charge in [0, 0.05) is 18.0 Å². The summed E-state index contributed by atoms with van der Waals surface area (Å²) < 4.78 is 0. The summed E-state index contributed by atoms with van der Waals surface area (Å²) >= 11 is 0. The number of carbonyl (C=O) groups excluding carboxylic acids is 1. The molecule has 1 aromatic carbocycles. The van der Waals surface area contributed by atoms with Gasteiger partial charge in [-0.25, -0.2) is 0 Å². The van der Waals surface area contributed by atoms with Crippen LogP contribution in [0.2, 0.25) is 0 Å². The number of nitriles is 1. The summed E-state index contributed by atoms with van der Waals surface area (Å²) in [4.78, 5) is 13.4. The third-order valence-corrected chi connectivity index (χ3v) is 3.97. The van der Waals surface area contributed by atoms with Crippen molar-refractivity contribution in [3.63, 3.8) is 0 Å². The highest BCUT2D eigenvalue weighted by molar-refractivity contribution is 5.98. The van der Waals surface area contributed by atoms with E-state index in [-0.39, 0.29) is 23.3 Å². The highest BCUT2D eigenvalue weighted by atomic mass is 16.2. The Balaban J connectivity index is 2.20. The number of anilines is 1. The molecule has 3 rings (SSSR count). The SMILES string of the molecule is CC(=O)N1c2ccccc2[C@@]2(C)[C@@H](C#N)[C@@H]12. The van der Waals surface area contributed by atoms with Gasteiger partial charge in [-0.3, -0.25) is 4.79 Å². The summed E-state index contributed by atoms with van der Waals surface area (Å²) in [6.07, 6.45) is 0. The van der Waals surface area contributed by atoms with Gasteiger partial charge in [-0.15, -0.1) is 0 Å². The first-order valence-corrected chi connectivity index (χ1v) is 5.41. The summed E-state index contributed by atoms with van der Waals surface area (Å²) in [5, 5.41) is 9.11. The lowest BCUT2D eigenvalue weighted by Gasteiger charge is -2.18. The van der Waals surface area contributed by atoms with Crippen LogP contribution in [0.4, 0.5) is 5.69 Å².